The van der Waals surface area contributed by atoms with Gasteiger partial charge in [-0.1, -0.05) is 41.0 Å². The maximum absolute atomic E-state index is 12.6. The molecule has 1 fully saturated rings. The van der Waals surface area contributed by atoms with Crippen LogP contribution in [0, 0.1) is 0 Å². The van der Waals surface area contributed by atoms with Gasteiger partial charge in [0.25, 0.3) is 5.91 Å². The van der Waals surface area contributed by atoms with Crippen LogP contribution in [0.3, 0.4) is 0 Å². The number of aromatic nitrogens is 2. The van der Waals surface area contributed by atoms with Crippen LogP contribution < -0.4 is 10.6 Å². The van der Waals surface area contributed by atoms with Gasteiger partial charge >= 0.3 is 0 Å². The second-order valence-electron chi connectivity index (χ2n) is 5.09. The Morgan fingerprint density at radius 3 is 2.61 bits per heavy atom. The third-order valence-corrected chi connectivity index (χ3v) is 4.51. The normalized spacial score (nSPS) is 13.7. The van der Waals surface area contributed by atoms with Crippen LogP contribution in [0.5, 0.6) is 0 Å². The first-order valence-corrected chi connectivity index (χ1v) is 8.99. The van der Waals surface area contributed by atoms with Gasteiger partial charge in [0, 0.05) is 12.2 Å². The summed E-state index contributed by atoms with van der Waals surface area (Å²) in [6, 6.07) is 5.42. The van der Waals surface area contributed by atoms with Crippen LogP contribution in [0.15, 0.2) is 29.6 Å². The van der Waals surface area contributed by atoms with Gasteiger partial charge in [-0.05, 0) is 31.2 Å². The van der Waals surface area contributed by atoms with Crippen LogP contribution in [0.1, 0.15) is 23.2 Å². The fraction of sp³-hybridized carbons (Fsp3) is 0.267. The van der Waals surface area contributed by atoms with E-state index in [1.807, 2.05) is 6.26 Å². The number of rotatable bonds is 5. The molecule has 8 heteroatoms. The Balaban J connectivity index is 1.89. The fourth-order valence-corrected chi connectivity index (χ4v) is 2.79. The van der Waals surface area contributed by atoms with Gasteiger partial charge < -0.3 is 10.6 Å². The van der Waals surface area contributed by atoms with Crippen molar-refractivity contribution in [2.45, 2.75) is 24.0 Å². The Morgan fingerprint density at radius 2 is 2.00 bits per heavy atom. The summed E-state index contributed by atoms with van der Waals surface area (Å²) in [6.45, 7) is 0. The topological polar surface area (TPSA) is 66.9 Å². The van der Waals surface area contributed by atoms with Crippen LogP contribution in [-0.2, 0) is 0 Å². The number of carbonyl (C=O) groups is 1. The van der Waals surface area contributed by atoms with Crippen molar-refractivity contribution in [3.05, 3.63) is 40.0 Å². The fourth-order valence-electron chi connectivity index (χ4n) is 1.96. The predicted octanol–water partition coefficient (Wildman–Crippen LogP) is 4.33. The van der Waals surface area contributed by atoms with Gasteiger partial charge in [0.05, 0.1) is 15.7 Å². The molecule has 2 N–H and O–H groups in total. The Kier molecular flexibility index (Phi) is 4.94. The van der Waals surface area contributed by atoms with Gasteiger partial charge in [0.1, 0.15) is 11.4 Å². The number of halogens is 2. The van der Waals surface area contributed by atoms with Crippen molar-refractivity contribution >= 4 is 52.4 Å². The molecule has 1 aliphatic rings. The molecule has 1 saturated carbocycles. The first-order chi connectivity index (χ1) is 11.1. The number of anilines is 2. The predicted molar refractivity (Wildman–Crippen MR) is 94.9 cm³/mol. The van der Waals surface area contributed by atoms with E-state index in [0.717, 1.165) is 12.8 Å². The SMILES string of the molecule is CSc1ncc(C(=O)Nc2c(Cl)cccc2Cl)c(NC2CC2)n1. The van der Waals surface area contributed by atoms with Crippen molar-refractivity contribution < 1.29 is 4.79 Å². The van der Waals surface area contributed by atoms with E-state index < -0.39 is 0 Å². The van der Waals surface area contributed by atoms with E-state index in [0.29, 0.717) is 38.3 Å². The summed E-state index contributed by atoms with van der Waals surface area (Å²) >= 11 is 13.6. The molecule has 1 aliphatic carbocycles. The number of benzene rings is 1. The smallest absolute Gasteiger partial charge is 0.261 e. The van der Waals surface area contributed by atoms with Gasteiger partial charge in [-0.25, -0.2) is 9.97 Å². The van der Waals surface area contributed by atoms with Crippen LogP contribution >= 0.6 is 35.0 Å². The lowest BCUT2D eigenvalue weighted by Gasteiger charge is -2.13. The highest BCUT2D eigenvalue weighted by Gasteiger charge is 2.25. The molecule has 0 unspecified atom stereocenters. The summed E-state index contributed by atoms with van der Waals surface area (Å²) < 4.78 is 0. The van der Waals surface area contributed by atoms with E-state index in [2.05, 4.69) is 20.6 Å². The minimum atomic E-state index is -0.351. The molecular formula is C15H14Cl2N4OS. The van der Waals surface area contributed by atoms with Crippen molar-refractivity contribution in [2.75, 3.05) is 16.9 Å². The molecule has 3 rings (SSSR count). The molecule has 23 heavy (non-hydrogen) atoms. The van der Waals surface area contributed by atoms with Crippen LogP contribution in [0.25, 0.3) is 0 Å². The lowest BCUT2D eigenvalue weighted by Crippen LogP contribution is -2.18. The highest BCUT2D eigenvalue weighted by Crippen LogP contribution is 2.31. The van der Waals surface area contributed by atoms with Crippen molar-refractivity contribution in [1.82, 2.24) is 9.97 Å². The molecule has 1 aromatic heterocycles. The summed E-state index contributed by atoms with van der Waals surface area (Å²) in [5, 5.41) is 7.37. The second-order valence-corrected chi connectivity index (χ2v) is 6.68. The van der Waals surface area contributed by atoms with E-state index >= 15 is 0 Å². The summed E-state index contributed by atoms with van der Waals surface area (Å²) in [7, 11) is 0. The van der Waals surface area contributed by atoms with E-state index in [9.17, 15) is 4.79 Å². The molecule has 0 radical (unpaired) electrons. The minimum Gasteiger partial charge on any atom is -0.367 e. The standard InChI is InChI=1S/C15H14Cl2N4OS/c1-23-15-18-7-9(13(21-15)19-8-5-6-8)14(22)20-12-10(16)3-2-4-11(12)17/h2-4,7-8H,5-6H2,1H3,(H,20,22)(H,18,19,21). The highest BCUT2D eigenvalue weighted by molar-refractivity contribution is 7.98. The first-order valence-electron chi connectivity index (χ1n) is 7.01. The molecule has 5 nitrogen and oxygen atoms in total. The summed E-state index contributed by atoms with van der Waals surface area (Å²) in [5.74, 6) is 0.184. The van der Waals surface area contributed by atoms with E-state index in [4.69, 9.17) is 23.2 Å². The number of hydrogen-bond acceptors (Lipinski definition) is 5. The van der Waals surface area contributed by atoms with Gasteiger partial charge in [0.15, 0.2) is 5.16 Å². The third-order valence-electron chi connectivity index (χ3n) is 3.31. The van der Waals surface area contributed by atoms with Crippen molar-refractivity contribution in [1.29, 1.82) is 0 Å². The molecule has 2 aromatic rings. The Hall–Kier alpha value is -1.50. The first kappa shape index (κ1) is 16.4. The monoisotopic (exact) mass is 368 g/mol. The number of para-hydroxylation sites is 1. The largest absolute Gasteiger partial charge is 0.367 e. The van der Waals surface area contributed by atoms with Crippen LogP contribution in [-0.4, -0.2) is 28.2 Å². The summed E-state index contributed by atoms with van der Waals surface area (Å²) in [5.41, 5.74) is 0.748. The summed E-state index contributed by atoms with van der Waals surface area (Å²) in [6.07, 6.45) is 5.56. The molecule has 0 atom stereocenters. The quantitative estimate of drug-likeness (QED) is 0.607. The van der Waals surface area contributed by atoms with Crippen molar-refractivity contribution in [3.63, 3.8) is 0 Å². The van der Waals surface area contributed by atoms with Crippen LogP contribution in [0.4, 0.5) is 11.5 Å². The molecule has 0 saturated heterocycles. The van der Waals surface area contributed by atoms with Crippen LogP contribution in [0.2, 0.25) is 10.0 Å². The van der Waals surface area contributed by atoms with Gasteiger partial charge in [-0.2, -0.15) is 0 Å². The number of hydrogen-bond donors (Lipinski definition) is 2. The number of amides is 1. The van der Waals surface area contributed by atoms with Crippen molar-refractivity contribution in [2.24, 2.45) is 0 Å². The number of nitrogens with one attached hydrogen (secondary N) is 2. The lowest BCUT2D eigenvalue weighted by atomic mass is 10.2. The molecule has 1 heterocycles. The number of nitrogens with zero attached hydrogens (tertiary/aromatic N) is 2. The third kappa shape index (κ3) is 3.88. The highest BCUT2D eigenvalue weighted by atomic mass is 35.5. The molecular weight excluding hydrogens is 355 g/mol. The molecule has 0 aliphatic heterocycles. The maximum atomic E-state index is 12.6. The lowest BCUT2D eigenvalue weighted by molar-refractivity contribution is 0.102. The van der Waals surface area contributed by atoms with Gasteiger partial charge in [-0.3, -0.25) is 4.79 Å². The number of thioether (sulfide) groups is 1. The Bertz CT molecular complexity index is 732. The van der Waals surface area contributed by atoms with Gasteiger partial charge in [0.2, 0.25) is 0 Å². The molecule has 1 amide bonds. The molecule has 0 bridgehead atoms. The van der Waals surface area contributed by atoms with E-state index in [1.54, 1.807) is 18.2 Å². The van der Waals surface area contributed by atoms with Gasteiger partial charge in [-0.15, -0.1) is 0 Å². The van der Waals surface area contributed by atoms with E-state index in [1.165, 1.54) is 18.0 Å². The average Bonchev–Trinajstić information content (AvgIpc) is 3.34. The zero-order chi connectivity index (χ0) is 16.4. The minimum absolute atomic E-state index is 0.351. The molecule has 0 spiro atoms. The molecule has 1 aromatic carbocycles. The zero-order valence-corrected chi connectivity index (χ0v) is 14.6. The van der Waals surface area contributed by atoms with Crippen molar-refractivity contribution in [3.8, 4) is 0 Å². The Morgan fingerprint density at radius 1 is 1.30 bits per heavy atom. The average molecular weight is 369 g/mol. The Labute approximate surface area is 148 Å². The zero-order valence-electron chi connectivity index (χ0n) is 12.3. The van der Waals surface area contributed by atoms with E-state index in [-0.39, 0.29) is 5.91 Å². The number of carbonyl (C=O) groups excluding carboxylic acids is 1. The second kappa shape index (κ2) is 6.95. The summed E-state index contributed by atoms with van der Waals surface area (Å²) in [4.78, 5) is 21.2. The maximum Gasteiger partial charge on any atom is 0.261 e. The molecule has 120 valence electrons.